The van der Waals surface area contributed by atoms with Crippen LogP contribution in [0.25, 0.3) is 0 Å². The molecule has 0 bridgehead atoms. The predicted octanol–water partition coefficient (Wildman–Crippen LogP) is 1.62. The molecule has 0 unspecified atom stereocenters. The minimum absolute atomic E-state index is 0.0265. The molecule has 1 aromatic rings. The molecule has 0 saturated heterocycles. The van der Waals surface area contributed by atoms with Gasteiger partial charge in [-0.1, -0.05) is 11.6 Å². The maximum absolute atomic E-state index is 11.4. The van der Waals surface area contributed by atoms with E-state index in [9.17, 15) is 9.59 Å². The van der Waals surface area contributed by atoms with Gasteiger partial charge < -0.3 is 15.8 Å². The Bertz CT molecular complexity index is 444. The van der Waals surface area contributed by atoms with E-state index in [1.807, 2.05) is 6.07 Å². The number of nitrogens with two attached hydrogens (primary N) is 1. The lowest BCUT2D eigenvalue weighted by molar-refractivity contribution is -0.141. The highest BCUT2D eigenvalue weighted by Crippen LogP contribution is 2.24. The number of hydrogen-bond donors (Lipinski definition) is 2. The fourth-order valence-corrected chi connectivity index (χ4v) is 2.65. The van der Waals surface area contributed by atoms with Gasteiger partial charge in [0, 0.05) is 8.59 Å². The summed E-state index contributed by atoms with van der Waals surface area (Å²) in [5, 5.41) is 3.22. The average molecular weight is 397 g/mol. The van der Waals surface area contributed by atoms with Crippen LogP contribution in [-0.2, 0) is 14.3 Å². The quantitative estimate of drug-likeness (QED) is 0.585. The number of carbonyl (C=O) groups excluding carboxylic acids is 2. The molecule has 0 fully saturated rings. The number of rotatable bonds is 5. The number of halogens is 2. The molecular formula is C12H14ClIN2O3. The summed E-state index contributed by atoms with van der Waals surface area (Å²) in [5.74, 6) is -0.763. The van der Waals surface area contributed by atoms with E-state index in [1.54, 1.807) is 12.1 Å². The van der Waals surface area contributed by atoms with Gasteiger partial charge in [-0.25, -0.2) is 0 Å². The van der Waals surface area contributed by atoms with Crippen molar-refractivity contribution < 1.29 is 14.3 Å². The molecule has 0 aliphatic heterocycles. The lowest BCUT2D eigenvalue weighted by atomic mass is 10.0. The third-order valence-electron chi connectivity index (χ3n) is 2.41. The first-order chi connectivity index (χ1) is 8.96. The van der Waals surface area contributed by atoms with Gasteiger partial charge in [0.2, 0.25) is 5.91 Å². The van der Waals surface area contributed by atoms with Crippen molar-refractivity contribution in [3.63, 3.8) is 0 Å². The van der Waals surface area contributed by atoms with Crippen LogP contribution in [0.15, 0.2) is 18.2 Å². The minimum Gasteiger partial charge on any atom is -0.469 e. The molecular weight excluding hydrogens is 382 g/mol. The molecule has 7 heteroatoms. The lowest BCUT2D eigenvalue weighted by Gasteiger charge is -2.18. The standard InChI is InChI=1S/C12H14ClIN2O3/c1-19-12(18)5-10(16-11(17)6-15)7-2-8(13)4-9(14)3-7/h2-4,10H,5-6,15H2,1H3,(H,16,17)/t10-/m0/s1. The summed E-state index contributed by atoms with van der Waals surface area (Å²) >= 11 is 8.09. The Balaban J connectivity index is 2.99. The monoisotopic (exact) mass is 396 g/mol. The van der Waals surface area contributed by atoms with Crippen molar-refractivity contribution in [2.45, 2.75) is 12.5 Å². The Morgan fingerprint density at radius 3 is 2.68 bits per heavy atom. The number of methoxy groups -OCH3 is 1. The summed E-state index contributed by atoms with van der Waals surface area (Å²) in [6, 6.07) is 4.83. The Kier molecular flexibility index (Phi) is 6.53. The Morgan fingerprint density at radius 1 is 1.47 bits per heavy atom. The van der Waals surface area contributed by atoms with E-state index < -0.39 is 12.0 Å². The predicted molar refractivity (Wildman–Crippen MR) is 80.7 cm³/mol. The van der Waals surface area contributed by atoms with Gasteiger partial charge in [-0.2, -0.15) is 0 Å². The zero-order valence-corrected chi connectivity index (χ0v) is 13.2. The number of nitrogens with one attached hydrogen (secondary N) is 1. The van der Waals surface area contributed by atoms with Crippen LogP contribution in [0.4, 0.5) is 0 Å². The molecule has 104 valence electrons. The Hall–Kier alpha value is -0.860. The highest BCUT2D eigenvalue weighted by Gasteiger charge is 2.19. The number of amides is 1. The zero-order valence-electron chi connectivity index (χ0n) is 10.3. The van der Waals surface area contributed by atoms with Gasteiger partial charge in [-0.05, 0) is 46.4 Å². The number of hydrogen-bond acceptors (Lipinski definition) is 4. The van der Waals surface area contributed by atoms with Crippen molar-refractivity contribution in [1.29, 1.82) is 0 Å². The summed E-state index contributed by atoms with van der Waals surface area (Å²) in [6.07, 6.45) is 0.0265. The van der Waals surface area contributed by atoms with E-state index >= 15 is 0 Å². The maximum Gasteiger partial charge on any atom is 0.307 e. The fourth-order valence-electron chi connectivity index (χ4n) is 1.53. The van der Waals surface area contributed by atoms with Crippen LogP contribution in [0.5, 0.6) is 0 Å². The smallest absolute Gasteiger partial charge is 0.307 e. The molecule has 5 nitrogen and oxygen atoms in total. The molecule has 1 amide bonds. The summed E-state index contributed by atoms with van der Waals surface area (Å²) in [7, 11) is 1.30. The van der Waals surface area contributed by atoms with E-state index in [4.69, 9.17) is 17.3 Å². The highest BCUT2D eigenvalue weighted by atomic mass is 127. The Labute approximate surface area is 130 Å². The number of ether oxygens (including phenoxy) is 1. The molecule has 1 rings (SSSR count). The molecule has 1 atom stereocenters. The first-order valence-electron chi connectivity index (χ1n) is 5.48. The molecule has 3 N–H and O–H groups in total. The second-order valence-corrected chi connectivity index (χ2v) is 5.49. The molecule has 0 saturated carbocycles. The Morgan fingerprint density at radius 2 is 2.16 bits per heavy atom. The van der Waals surface area contributed by atoms with Crippen LogP contribution in [0, 0.1) is 3.57 Å². The molecule has 0 spiro atoms. The largest absolute Gasteiger partial charge is 0.469 e. The van der Waals surface area contributed by atoms with Crippen molar-refractivity contribution in [2.75, 3.05) is 13.7 Å². The molecule has 1 aromatic carbocycles. The summed E-state index contributed by atoms with van der Waals surface area (Å²) in [5.41, 5.74) is 6.01. The van der Waals surface area contributed by atoms with E-state index in [0.717, 1.165) is 9.13 Å². The van der Waals surface area contributed by atoms with E-state index in [1.165, 1.54) is 7.11 Å². The second-order valence-electron chi connectivity index (χ2n) is 3.81. The van der Waals surface area contributed by atoms with Gasteiger partial charge in [0.15, 0.2) is 0 Å². The van der Waals surface area contributed by atoms with Crippen molar-refractivity contribution >= 4 is 46.1 Å². The van der Waals surface area contributed by atoms with Crippen LogP contribution in [-0.4, -0.2) is 25.5 Å². The second kappa shape index (κ2) is 7.66. The van der Waals surface area contributed by atoms with Gasteiger partial charge in [0.25, 0.3) is 0 Å². The van der Waals surface area contributed by atoms with Crippen LogP contribution in [0.1, 0.15) is 18.0 Å². The third kappa shape index (κ3) is 5.33. The summed E-state index contributed by atoms with van der Waals surface area (Å²) in [4.78, 5) is 22.8. The molecule has 0 aliphatic rings. The first-order valence-corrected chi connectivity index (χ1v) is 6.94. The summed E-state index contributed by atoms with van der Waals surface area (Å²) < 4.78 is 5.54. The normalized spacial score (nSPS) is 11.8. The molecule has 0 aromatic heterocycles. The topological polar surface area (TPSA) is 81.4 Å². The van der Waals surface area contributed by atoms with Crippen LogP contribution >= 0.6 is 34.2 Å². The van der Waals surface area contributed by atoms with Crippen molar-refractivity contribution in [1.82, 2.24) is 5.32 Å². The number of esters is 1. The van der Waals surface area contributed by atoms with E-state index in [0.29, 0.717) is 5.02 Å². The van der Waals surface area contributed by atoms with Gasteiger partial charge in [0.05, 0.1) is 26.1 Å². The van der Waals surface area contributed by atoms with E-state index in [2.05, 4.69) is 32.6 Å². The minimum atomic E-state index is -0.504. The molecule has 0 radical (unpaired) electrons. The lowest BCUT2D eigenvalue weighted by Crippen LogP contribution is -2.35. The highest BCUT2D eigenvalue weighted by molar-refractivity contribution is 14.1. The maximum atomic E-state index is 11.4. The van der Waals surface area contributed by atoms with Crippen LogP contribution in [0.3, 0.4) is 0 Å². The zero-order chi connectivity index (χ0) is 14.4. The summed E-state index contributed by atoms with van der Waals surface area (Å²) in [6.45, 7) is -0.144. The third-order valence-corrected chi connectivity index (χ3v) is 3.25. The number of benzene rings is 1. The van der Waals surface area contributed by atoms with Crippen molar-refractivity contribution in [3.8, 4) is 0 Å². The van der Waals surface area contributed by atoms with Gasteiger partial charge in [0.1, 0.15) is 0 Å². The van der Waals surface area contributed by atoms with Crippen molar-refractivity contribution in [2.24, 2.45) is 5.73 Å². The first kappa shape index (κ1) is 16.2. The van der Waals surface area contributed by atoms with E-state index in [-0.39, 0.29) is 18.9 Å². The van der Waals surface area contributed by atoms with Crippen LogP contribution < -0.4 is 11.1 Å². The molecule has 0 heterocycles. The fraction of sp³-hybridized carbons (Fsp3) is 0.333. The molecule has 0 aliphatic carbocycles. The molecule has 19 heavy (non-hydrogen) atoms. The van der Waals surface area contributed by atoms with Crippen LogP contribution in [0.2, 0.25) is 5.02 Å². The SMILES string of the molecule is COC(=O)C[C@H](NC(=O)CN)c1cc(Cl)cc(I)c1. The van der Waals surface area contributed by atoms with Crippen molar-refractivity contribution in [3.05, 3.63) is 32.4 Å². The van der Waals surface area contributed by atoms with Gasteiger partial charge >= 0.3 is 5.97 Å². The van der Waals surface area contributed by atoms with Gasteiger partial charge in [-0.15, -0.1) is 0 Å². The number of carbonyl (C=O) groups is 2. The average Bonchev–Trinajstić information content (AvgIpc) is 2.36. The van der Waals surface area contributed by atoms with Gasteiger partial charge in [-0.3, -0.25) is 9.59 Å².